The summed E-state index contributed by atoms with van der Waals surface area (Å²) >= 11 is 0. The first-order chi connectivity index (χ1) is 9.61. The summed E-state index contributed by atoms with van der Waals surface area (Å²) in [5.74, 6) is -0.127. The molecule has 0 radical (unpaired) electrons. The first-order valence-electron chi connectivity index (χ1n) is 6.18. The summed E-state index contributed by atoms with van der Waals surface area (Å²) in [5, 5.41) is 0. The Morgan fingerprint density at radius 1 is 1.35 bits per heavy atom. The lowest BCUT2D eigenvalue weighted by atomic mass is 10.1. The maximum Gasteiger partial charge on any atom is 0.267 e. The molecule has 102 valence electrons. The zero-order chi connectivity index (χ0) is 14.5. The highest BCUT2D eigenvalue weighted by Gasteiger charge is 2.12. The molecular weight excluding hydrogens is 252 g/mol. The van der Waals surface area contributed by atoms with Crippen molar-refractivity contribution in [3.05, 3.63) is 54.7 Å². The van der Waals surface area contributed by atoms with Gasteiger partial charge < -0.3 is 10.6 Å². The van der Waals surface area contributed by atoms with Crippen LogP contribution in [0.15, 0.2) is 49.1 Å². The highest BCUT2D eigenvalue weighted by molar-refractivity contribution is 5.92. The molecule has 0 atom stereocenters. The average Bonchev–Trinajstić information content (AvgIpc) is 2.48. The van der Waals surface area contributed by atoms with Crippen molar-refractivity contribution in [3.8, 4) is 11.3 Å². The van der Waals surface area contributed by atoms with Crippen LogP contribution in [-0.4, -0.2) is 29.5 Å². The van der Waals surface area contributed by atoms with Crippen molar-refractivity contribution in [2.45, 2.75) is 0 Å². The lowest BCUT2D eigenvalue weighted by molar-refractivity contribution is 0.0995. The largest absolute Gasteiger partial charge is 0.364 e. The van der Waals surface area contributed by atoms with E-state index < -0.39 is 5.91 Å². The Balaban J connectivity index is 2.52. The Kier molecular flexibility index (Phi) is 4.10. The fourth-order valence-corrected chi connectivity index (χ4v) is 1.76. The van der Waals surface area contributed by atoms with Crippen LogP contribution in [0.4, 0.5) is 5.95 Å². The smallest absolute Gasteiger partial charge is 0.267 e. The third-order valence-corrected chi connectivity index (χ3v) is 2.78. The van der Waals surface area contributed by atoms with E-state index in [-0.39, 0.29) is 5.69 Å². The van der Waals surface area contributed by atoms with Gasteiger partial charge in [0.1, 0.15) is 5.69 Å². The van der Waals surface area contributed by atoms with Crippen molar-refractivity contribution >= 4 is 11.9 Å². The number of amides is 1. The van der Waals surface area contributed by atoms with E-state index in [1.165, 1.54) is 0 Å². The number of aromatic nitrogens is 2. The standard InChI is InChI=1S/C15H16N4O/c1-3-9-19(2)15-17-12(10-13(18-15)14(16)20)11-7-5-4-6-8-11/h3-8,10H,1,9H2,2H3,(H2,16,20). The number of hydrogen-bond acceptors (Lipinski definition) is 4. The molecule has 0 spiro atoms. The van der Waals surface area contributed by atoms with Crippen molar-refractivity contribution < 1.29 is 4.79 Å². The normalized spacial score (nSPS) is 10.1. The van der Waals surface area contributed by atoms with E-state index in [1.54, 1.807) is 17.0 Å². The van der Waals surface area contributed by atoms with Crippen LogP contribution in [0.1, 0.15) is 10.5 Å². The fraction of sp³-hybridized carbons (Fsp3) is 0.133. The number of carbonyl (C=O) groups excluding carboxylic acids is 1. The van der Waals surface area contributed by atoms with Gasteiger partial charge in [-0.05, 0) is 6.07 Å². The van der Waals surface area contributed by atoms with Crippen LogP contribution in [0.5, 0.6) is 0 Å². The molecule has 0 fully saturated rings. The Morgan fingerprint density at radius 3 is 2.65 bits per heavy atom. The van der Waals surface area contributed by atoms with Crippen molar-refractivity contribution in [3.63, 3.8) is 0 Å². The summed E-state index contributed by atoms with van der Waals surface area (Å²) in [4.78, 5) is 21.8. The quantitative estimate of drug-likeness (QED) is 0.840. The van der Waals surface area contributed by atoms with E-state index in [4.69, 9.17) is 5.73 Å². The summed E-state index contributed by atoms with van der Waals surface area (Å²) in [7, 11) is 1.83. The lowest BCUT2D eigenvalue weighted by Gasteiger charge is -2.16. The van der Waals surface area contributed by atoms with Gasteiger partial charge in [0.05, 0.1) is 5.69 Å². The second-order valence-electron chi connectivity index (χ2n) is 4.34. The number of carbonyl (C=O) groups is 1. The van der Waals surface area contributed by atoms with Crippen LogP contribution >= 0.6 is 0 Å². The second-order valence-corrected chi connectivity index (χ2v) is 4.34. The highest BCUT2D eigenvalue weighted by atomic mass is 16.1. The Hall–Kier alpha value is -2.69. The van der Waals surface area contributed by atoms with Crippen LogP contribution in [0.25, 0.3) is 11.3 Å². The average molecular weight is 268 g/mol. The molecule has 0 saturated carbocycles. The molecule has 2 aromatic rings. The van der Waals surface area contributed by atoms with E-state index in [2.05, 4.69) is 16.5 Å². The molecule has 0 aliphatic rings. The summed E-state index contributed by atoms with van der Waals surface area (Å²) in [6, 6.07) is 11.2. The van der Waals surface area contributed by atoms with Gasteiger partial charge in [-0.15, -0.1) is 6.58 Å². The summed E-state index contributed by atoms with van der Waals surface area (Å²) in [5.41, 5.74) is 7.11. The van der Waals surface area contributed by atoms with E-state index >= 15 is 0 Å². The molecule has 1 heterocycles. The Bertz CT molecular complexity index is 625. The number of hydrogen-bond donors (Lipinski definition) is 1. The van der Waals surface area contributed by atoms with Crippen molar-refractivity contribution in [1.82, 2.24) is 9.97 Å². The van der Waals surface area contributed by atoms with Crippen molar-refractivity contribution in [2.24, 2.45) is 5.73 Å². The van der Waals surface area contributed by atoms with Crippen LogP contribution in [-0.2, 0) is 0 Å². The monoisotopic (exact) mass is 268 g/mol. The van der Waals surface area contributed by atoms with Gasteiger partial charge in [0, 0.05) is 19.2 Å². The van der Waals surface area contributed by atoms with E-state index in [0.717, 1.165) is 5.56 Å². The molecule has 5 nitrogen and oxygen atoms in total. The Morgan fingerprint density at radius 2 is 2.05 bits per heavy atom. The number of nitrogens with zero attached hydrogens (tertiary/aromatic N) is 3. The van der Waals surface area contributed by atoms with Gasteiger partial charge in [-0.3, -0.25) is 4.79 Å². The van der Waals surface area contributed by atoms with Gasteiger partial charge in [-0.1, -0.05) is 36.4 Å². The summed E-state index contributed by atoms with van der Waals surface area (Å²) in [6.07, 6.45) is 1.74. The van der Waals surface area contributed by atoms with Crippen LogP contribution < -0.4 is 10.6 Å². The molecule has 0 saturated heterocycles. The minimum atomic E-state index is -0.571. The third kappa shape index (κ3) is 3.00. The summed E-state index contributed by atoms with van der Waals surface area (Å²) in [6.45, 7) is 4.26. The molecule has 5 heteroatoms. The first kappa shape index (κ1) is 13.7. The predicted octanol–water partition coefficient (Wildman–Crippen LogP) is 1.86. The van der Waals surface area contributed by atoms with Crippen LogP contribution in [0, 0.1) is 0 Å². The molecule has 1 amide bonds. The number of primary amides is 1. The zero-order valence-corrected chi connectivity index (χ0v) is 11.3. The van der Waals surface area contributed by atoms with Gasteiger partial charge in [0.2, 0.25) is 5.95 Å². The van der Waals surface area contributed by atoms with Gasteiger partial charge in [0.15, 0.2) is 0 Å². The molecule has 1 aromatic heterocycles. The minimum absolute atomic E-state index is 0.199. The summed E-state index contributed by atoms with van der Waals surface area (Å²) < 4.78 is 0. The molecule has 0 unspecified atom stereocenters. The minimum Gasteiger partial charge on any atom is -0.364 e. The molecule has 2 N–H and O–H groups in total. The molecule has 20 heavy (non-hydrogen) atoms. The number of rotatable bonds is 5. The number of anilines is 1. The van der Waals surface area contributed by atoms with Gasteiger partial charge in [-0.25, -0.2) is 9.97 Å². The first-order valence-corrected chi connectivity index (χ1v) is 6.18. The third-order valence-electron chi connectivity index (χ3n) is 2.78. The number of nitrogens with two attached hydrogens (primary N) is 1. The number of benzene rings is 1. The molecule has 0 bridgehead atoms. The highest BCUT2D eigenvalue weighted by Crippen LogP contribution is 2.20. The second kappa shape index (κ2) is 5.97. The van der Waals surface area contributed by atoms with E-state index in [9.17, 15) is 4.79 Å². The molecular formula is C15H16N4O. The molecule has 0 aliphatic heterocycles. The lowest BCUT2D eigenvalue weighted by Crippen LogP contribution is -2.22. The van der Waals surface area contributed by atoms with E-state index in [0.29, 0.717) is 18.2 Å². The maximum atomic E-state index is 11.4. The SMILES string of the molecule is C=CCN(C)c1nc(C(N)=O)cc(-c2ccccc2)n1. The van der Waals surface area contributed by atoms with Gasteiger partial charge in [0.25, 0.3) is 5.91 Å². The zero-order valence-electron chi connectivity index (χ0n) is 11.3. The molecule has 0 aliphatic carbocycles. The topological polar surface area (TPSA) is 72.1 Å². The van der Waals surface area contributed by atoms with Crippen LogP contribution in [0.3, 0.4) is 0 Å². The van der Waals surface area contributed by atoms with Crippen LogP contribution in [0.2, 0.25) is 0 Å². The molecule has 1 aromatic carbocycles. The predicted molar refractivity (Wildman–Crippen MR) is 79.5 cm³/mol. The fourth-order valence-electron chi connectivity index (χ4n) is 1.76. The molecule has 2 rings (SSSR count). The number of likely N-dealkylation sites (N-methyl/N-ethyl adjacent to an activating group) is 1. The van der Waals surface area contributed by atoms with Gasteiger partial charge >= 0.3 is 0 Å². The van der Waals surface area contributed by atoms with Crippen molar-refractivity contribution in [2.75, 3.05) is 18.5 Å². The maximum absolute atomic E-state index is 11.4. The Labute approximate surface area is 117 Å². The van der Waals surface area contributed by atoms with E-state index in [1.807, 2.05) is 37.4 Å². The van der Waals surface area contributed by atoms with Crippen molar-refractivity contribution in [1.29, 1.82) is 0 Å². The van der Waals surface area contributed by atoms with Gasteiger partial charge in [-0.2, -0.15) is 0 Å².